The van der Waals surface area contributed by atoms with E-state index in [-0.39, 0.29) is 17.5 Å². The van der Waals surface area contributed by atoms with Crippen molar-refractivity contribution in [1.29, 1.82) is 0 Å². The fourth-order valence-electron chi connectivity index (χ4n) is 3.05. The first-order chi connectivity index (χ1) is 13.0. The van der Waals surface area contributed by atoms with Crippen LogP contribution >= 0.6 is 0 Å². The minimum absolute atomic E-state index is 0.00681. The van der Waals surface area contributed by atoms with Crippen LogP contribution < -0.4 is 10.6 Å². The van der Waals surface area contributed by atoms with Crippen LogP contribution in [-0.4, -0.2) is 16.7 Å². The van der Waals surface area contributed by atoms with Gasteiger partial charge in [0.2, 0.25) is 5.91 Å². The van der Waals surface area contributed by atoms with E-state index in [9.17, 15) is 19.7 Å². The minimum Gasteiger partial charge on any atom is -0.322 e. The summed E-state index contributed by atoms with van der Waals surface area (Å²) in [6, 6.07) is 14.8. The Hall–Kier alpha value is -4.00. The summed E-state index contributed by atoms with van der Waals surface area (Å²) < 4.78 is 0. The summed E-state index contributed by atoms with van der Waals surface area (Å²) in [4.78, 5) is 34.4. The average Bonchev–Trinajstić information content (AvgIpc) is 3.00. The quantitative estimate of drug-likeness (QED) is 0.418. The van der Waals surface area contributed by atoms with Crippen molar-refractivity contribution >= 4 is 45.7 Å². The maximum Gasteiger partial charge on any atom is 0.269 e. The van der Waals surface area contributed by atoms with Gasteiger partial charge in [-0.05, 0) is 42.0 Å². The zero-order chi connectivity index (χ0) is 19.0. The van der Waals surface area contributed by atoms with Crippen LogP contribution in [-0.2, 0) is 4.79 Å². The number of hydrogen-bond acceptors (Lipinski definition) is 4. The van der Waals surface area contributed by atoms with Crippen LogP contribution in [0.1, 0.15) is 15.9 Å². The molecule has 2 N–H and O–H groups in total. The van der Waals surface area contributed by atoms with Gasteiger partial charge in [-0.3, -0.25) is 19.7 Å². The molecule has 0 bridgehead atoms. The molecule has 132 valence electrons. The molecular weight excluding hydrogens is 346 g/mol. The van der Waals surface area contributed by atoms with E-state index in [2.05, 4.69) is 10.6 Å². The highest BCUT2D eigenvalue weighted by Crippen LogP contribution is 2.36. The summed E-state index contributed by atoms with van der Waals surface area (Å²) in [7, 11) is 0. The maximum absolute atomic E-state index is 12.3. The topological polar surface area (TPSA) is 101 Å². The number of nitro benzene ring substituents is 1. The number of non-ortho nitro benzene ring substituents is 1. The first-order valence-corrected chi connectivity index (χ1v) is 8.13. The standard InChI is InChI=1S/C20H13N3O4/c24-18(11-6-12-4-7-13(8-5-12)23(26)27)21-16-9-10-17-19-14(16)2-1-3-15(19)20(25)22-17/h1-11H,(H,21,24)(H,22,25). The lowest BCUT2D eigenvalue weighted by molar-refractivity contribution is -0.384. The number of hydrogen-bond donors (Lipinski definition) is 2. The smallest absolute Gasteiger partial charge is 0.269 e. The van der Waals surface area contributed by atoms with Crippen LogP contribution in [0.15, 0.2) is 60.7 Å². The van der Waals surface area contributed by atoms with Crippen LogP contribution in [0, 0.1) is 10.1 Å². The SMILES string of the molecule is O=C(C=Cc1ccc([N+](=O)[O-])cc1)Nc1ccc2c3c(cccc13)C(=O)N2. The Bertz CT molecular complexity index is 1130. The molecule has 1 aliphatic heterocycles. The van der Waals surface area contributed by atoms with E-state index >= 15 is 0 Å². The molecule has 7 heteroatoms. The minimum atomic E-state index is -0.477. The molecule has 1 aliphatic rings. The van der Waals surface area contributed by atoms with Gasteiger partial charge in [-0.15, -0.1) is 0 Å². The number of carbonyl (C=O) groups is 2. The lowest BCUT2D eigenvalue weighted by Crippen LogP contribution is -2.08. The molecule has 1 heterocycles. The van der Waals surface area contributed by atoms with Gasteiger partial charge in [0.25, 0.3) is 11.6 Å². The summed E-state index contributed by atoms with van der Waals surface area (Å²) in [5, 5.41) is 17.8. The third kappa shape index (κ3) is 3.02. The zero-order valence-corrected chi connectivity index (χ0v) is 13.9. The molecule has 0 aliphatic carbocycles. The lowest BCUT2D eigenvalue weighted by Gasteiger charge is -2.08. The molecule has 7 nitrogen and oxygen atoms in total. The van der Waals surface area contributed by atoms with Gasteiger partial charge in [-0.2, -0.15) is 0 Å². The van der Waals surface area contributed by atoms with Crippen molar-refractivity contribution in [2.45, 2.75) is 0 Å². The third-order valence-electron chi connectivity index (χ3n) is 4.32. The number of carbonyl (C=O) groups excluding carboxylic acids is 2. The molecule has 0 aromatic heterocycles. The molecule has 0 saturated heterocycles. The lowest BCUT2D eigenvalue weighted by atomic mass is 10.0. The van der Waals surface area contributed by atoms with Crippen LogP contribution in [0.25, 0.3) is 16.8 Å². The molecule has 3 aromatic carbocycles. The van der Waals surface area contributed by atoms with Crippen LogP contribution in [0.4, 0.5) is 17.1 Å². The van der Waals surface area contributed by atoms with Gasteiger partial charge in [0, 0.05) is 45.9 Å². The average molecular weight is 359 g/mol. The number of benzene rings is 3. The Morgan fingerprint density at radius 1 is 1.07 bits per heavy atom. The fraction of sp³-hybridized carbons (Fsp3) is 0. The van der Waals surface area contributed by atoms with Crippen LogP contribution in [0.5, 0.6) is 0 Å². The summed E-state index contributed by atoms with van der Waals surface area (Å²) >= 11 is 0. The molecule has 0 fully saturated rings. The Morgan fingerprint density at radius 2 is 1.85 bits per heavy atom. The summed E-state index contributed by atoms with van der Waals surface area (Å²) in [6.07, 6.45) is 2.93. The second-order valence-corrected chi connectivity index (χ2v) is 6.01. The highest BCUT2D eigenvalue weighted by Gasteiger charge is 2.22. The summed E-state index contributed by atoms with van der Waals surface area (Å²) in [5.41, 5.74) is 2.58. The number of nitro groups is 1. The first-order valence-electron chi connectivity index (χ1n) is 8.13. The normalized spacial score (nSPS) is 12.4. The van der Waals surface area contributed by atoms with Crippen molar-refractivity contribution in [3.63, 3.8) is 0 Å². The second kappa shape index (κ2) is 6.38. The Morgan fingerprint density at radius 3 is 2.59 bits per heavy atom. The van der Waals surface area contributed by atoms with Crippen molar-refractivity contribution in [3.05, 3.63) is 81.9 Å². The molecule has 0 unspecified atom stereocenters. The highest BCUT2D eigenvalue weighted by molar-refractivity contribution is 6.26. The van der Waals surface area contributed by atoms with E-state index < -0.39 is 4.92 Å². The van der Waals surface area contributed by atoms with E-state index in [1.807, 2.05) is 6.07 Å². The second-order valence-electron chi connectivity index (χ2n) is 6.01. The van der Waals surface area contributed by atoms with E-state index in [4.69, 9.17) is 0 Å². The first kappa shape index (κ1) is 16.5. The third-order valence-corrected chi connectivity index (χ3v) is 4.32. The van der Waals surface area contributed by atoms with Crippen molar-refractivity contribution in [3.8, 4) is 0 Å². The van der Waals surface area contributed by atoms with Crippen LogP contribution in [0.2, 0.25) is 0 Å². The molecule has 3 aromatic rings. The Kier molecular flexibility index (Phi) is 3.89. The molecule has 4 rings (SSSR count). The molecule has 0 saturated carbocycles. The van der Waals surface area contributed by atoms with Gasteiger partial charge in [0.1, 0.15) is 0 Å². The van der Waals surface area contributed by atoms with Gasteiger partial charge in [-0.1, -0.05) is 12.1 Å². The largest absolute Gasteiger partial charge is 0.322 e. The Balaban J connectivity index is 1.56. The van der Waals surface area contributed by atoms with Gasteiger partial charge >= 0.3 is 0 Å². The Labute approximate surface area is 153 Å². The van der Waals surface area contributed by atoms with Crippen molar-refractivity contribution in [1.82, 2.24) is 0 Å². The van der Waals surface area contributed by atoms with Gasteiger partial charge in [-0.25, -0.2) is 0 Å². The molecule has 0 atom stereocenters. The monoisotopic (exact) mass is 359 g/mol. The maximum atomic E-state index is 12.3. The number of nitrogens with one attached hydrogen (secondary N) is 2. The number of nitrogens with zero attached hydrogens (tertiary/aromatic N) is 1. The predicted molar refractivity (Wildman–Crippen MR) is 103 cm³/mol. The van der Waals surface area contributed by atoms with E-state index in [1.165, 1.54) is 18.2 Å². The molecule has 27 heavy (non-hydrogen) atoms. The summed E-state index contributed by atoms with van der Waals surface area (Å²) in [6.45, 7) is 0. The fourth-order valence-corrected chi connectivity index (χ4v) is 3.05. The van der Waals surface area contributed by atoms with E-state index in [0.717, 1.165) is 16.5 Å². The van der Waals surface area contributed by atoms with Crippen LogP contribution in [0.3, 0.4) is 0 Å². The van der Waals surface area contributed by atoms with Crippen molar-refractivity contribution in [2.75, 3.05) is 10.6 Å². The van der Waals surface area contributed by atoms with Gasteiger partial charge in [0.15, 0.2) is 0 Å². The van der Waals surface area contributed by atoms with Crippen molar-refractivity contribution in [2.24, 2.45) is 0 Å². The van der Waals surface area contributed by atoms with E-state index in [1.54, 1.807) is 42.5 Å². The highest BCUT2D eigenvalue weighted by atomic mass is 16.6. The molecule has 2 amide bonds. The molecule has 0 spiro atoms. The number of rotatable bonds is 4. The number of amides is 2. The summed E-state index contributed by atoms with van der Waals surface area (Å²) in [5.74, 6) is -0.497. The van der Waals surface area contributed by atoms with E-state index in [0.29, 0.717) is 16.8 Å². The number of anilines is 2. The van der Waals surface area contributed by atoms with Crippen molar-refractivity contribution < 1.29 is 14.5 Å². The molecular formula is C20H13N3O4. The molecule has 0 radical (unpaired) electrons. The van der Waals surface area contributed by atoms with Gasteiger partial charge < -0.3 is 10.6 Å². The van der Waals surface area contributed by atoms with Gasteiger partial charge in [0.05, 0.1) is 4.92 Å². The zero-order valence-electron chi connectivity index (χ0n) is 13.9. The predicted octanol–water partition coefficient (Wildman–Crippen LogP) is 3.97.